The van der Waals surface area contributed by atoms with E-state index in [1.807, 2.05) is 55.8 Å². The molecule has 4 heteroatoms. The van der Waals surface area contributed by atoms with Crippen LogP contribution in [0.25, 0.3) is 11.0 Å². The van der Waals surface area contributed by atoms with Crippen LogP contribution in [0.2, 0.25) is 0 Å². The molecule has 0 saturated heterocycles. The van der Waals surface area contributed by atoms with Crippen LogP contribution in [0, 0.1) is 13.8 Å². The van der Waals surface area contributed by atoms with Crippen molar-refractivity contribution in [3.63, 3.8) is 0 Å². The third-order valence-corrected chi connectivity index (χ3v) is 3.69. The lowest BCUT2D eigenvalue weighted by Crippen LogP contribution is -2.07. The van der Waals surface area contributed by atoms with Gasteiger partial charge in [0.25, 0.3) is 0 Å². The Morgan fingerprint density at radius 3 is 2.70 bits per heavy atom. The maximum Gasteiger partial charge on any atom is 0.112 e. The van der Waals surface area contributed by atoms with Crippen molar-refractivity contribution in [2.24, 2.45) is 7.05 Å². The van der Waals surface area contributed by atoms with E-state index >= 15 is 0 Å². The Kier molecular flexibility index (Phi) is 3.10. The van der Waals surface area contributed by atoms with Crippen LogP contribution in [0.5, 0.6) is 0 Å². The number of aliphatic hydroxyl groups excluding tert-OH is 1. The largest absolute Gasteiger partial charge is 0.466 e. The first kappa shape index (κ1) is 12.9. The second-order valence-electron chi connectivity index (χ2n) is 5.16. The maximum atomic E-state index is 10.4. The Bertz CT molecular complexity index is 755. The summed E-state index contributed by atoms with van der Waals surface area (Å²) in [5.41, 5.74) is 2.88. The molecule has 0 saturated carbocycles. The molecule has 1 atom stereocenters. The Morgan fingerprint density at radius 2 is 2.05 bits per heavy atom. The van der Waals surface area contributed by atoms with Crippen LogP contribution in [0.4, 0.5) is 0 Å². The highest BCUT2D eigenvalue weighted by molar-refractivity contribution is 5.75. The van der Waals surface area contributed by atoms with E-state index < -0.39 is 6.10 Å². The zero-order valence-corrected chi connectivity index (χ0v) is 11.9. The first-order valence-electron chi connectivity index (χ1n) is 6.71. The molecule has 0 aliphatic heterocycles. The summed E-state index contributed by atoms with van der Waals surface area (Å²) < 4.78 is 7.50. The number of aryl methyl sites for hydroxylation is 3. The molecule has 0 spiro atoms. The topological polar surface area (TPSA) is 51.2 Å². The van der Waals surface area contributed by atoms with Crippen molar-refractivity contribution in [3.8, 4) is 0 Å². The Balaban J connectivity index is 1.93. The molecule has 1 aromatic carbocycles. The van der Waals surface area contributed by atoms with Crippen molar-refractivity contribution < 1.29 is 9.52 Å². The Morgan fingerprint density at radius 1 is 1.30 bits per heavy atom. The van der Waals surface area contributed by atoms with Crippen LogP contribution in [0.3, 0.4) is 0 Å². The minimum Gasteiger partial charge on any atom is -0.466 e. The van der Waals surface area contributed by atoms with Crippen molar-refractivity contribution >= 4 is 11.0 Å². The lowest BCUT2D eigenvalue weighted by Gasteiger charge is -2.09. The number of nitrogens with zero attached hydrogens (tertiary/aromatic N) is 2. The van der Waals surface area contributed by atoms with E-state index in [1.165, 1.54) is 0 Å². The predicted molar refractivity (Wildman–Crippen MR) is 77.6 cm³/mol. The van der Waals surface area contributed by atoms with Gasteiger partial charge in [-0.25, -0.2) is 4.98 Å². The van der Waals surface area contributed by atoms with Crippen LogP contribution in [0.1, 0.15) is 29.0 Å². The van der Waals surface area contributed by atoms with E-state index in [0.717, 1.165) is 33.9 Å². The number of benzene rings is 1. The molecule has 0 aliphatic rings. The standard InChI is InChI=1S/C16H18N2O2/c1-10-8-12(11(2)20-10)15(19)9-16-17-13-6-4-5-7-14(13)18(16)3/h4-8,15,19H,9H2,1-3H3. The number of furan rings is 1. The van der Waals surface area contributed by atoms with Crippen LogP contribution < -0.4 is 0 Å². The first-order chi connectivity index (χ1) is 9.56. The molecule has 3 rings (SSSR count). The van der Waals surface area contributed by atoms with E-state index in [2.05, 4.69) is 4.98 Å². The normalized spacial score (nSPS) is 13.0. The van der Waals surface area contributed by atoms with E-state index in [0.29, 0.717) is 6.42 Å². The van der Waals surface area contributed by atoms with Gasteiger partial charge in [0.1, 0.15) is 17.3 Å². The number of hydrogen-bond donors (Lipinski definition) is 1. The van der Waals surface area contributed by atoms with Gasteiger partial charge in [-0.15, -0.1) is 0 Å². The average molecular weight is 270 g/mol. The molecule has 3 aromatic rings. The maximum absolute atomic E-state index is 10.4. The highest BCUT2D eigenvalue weighted by atomic mass is 16.3. The monoisotopic (exact) mass is 270 g/mol. The summed E-state index contributed by atoms with van der Waals surface area (Å²) in [7, 11) is 1.98. The Labute approximate surface area is 117 Å². The fraction of sp³-hybridized carbons (Fsp3) is 0.312. The molecule has 0 radical (unpaired) electrons. The minimum absolute atomic E-state index is 0.477. The molecule has 0 amide bonds. The van der Waals surface area contributed by atoms with Crippen molar-refractivity contribution in [2.75, 3.05) is 0 Å². The predicted octanol–water partition coefficient (Wildman–Crippen LogP) is 3.06. The highest BCUT2D eigenvalue weighted by Crippen LogP contribution is 2.25. The quantitative estimate of drug-likeness (QED) is 0.795. The van der Waals surface area contributed by atoms with Crippen LogP contribution in [-0.2, 0) is 13.5 Å². The van der Waals surface area contributed by atoms with Crippen LogP contribution in [-0.4, -0.2) is 14.7 Å². The summed E-state index contributed by atoms with van der Waals surface area (Å²) >= 11 is 0. The molecular weight excluding hydrogens is 252 g/mol. The van der Waals surface area contributed by atoms with Gasteiger partial charge in [-0.2, -0.15) is 0 Å². The van der Waals surface area contributed by atoms with E-state index in [-0.39, 0.29) is 0 Å². The molecule has 1 N–H and O–H groups in total. The third kappa shape index (κ3) is 2.12. The van der Waals surface area contributed by atoms with Crippen molar-refractivity contribution in [2.45, 2.75) is 26.4 Å². The number of imidazole rings is 1. The molecular formula is C16H18N2O2. The van der Waals surface area contributed by atoms with Gasteiger partial charge in [-0.3, -0.25) is 0 Å². The second kappa shape index (κ2) is 4.80. The second-order valence-corrected chi connectivity index (χ2v) is 5.16. The van der Waals surface area contributed by atoms with E-state index in [9.17, 15) is 5.11 Å². The lowest BCUT2D eigenvalue weighted by molar-refractivity contribution is 0.173. The summed E-state index contributed by atoms with van der Waals surface area (Å²) in [4.78, 5) is 4.59. The van der Waals surface area contributed by atoms with Crippen molar-refractivity contribution in [3.05, 3.63) is 53.2 Å². The molecule has 0 bridgehead atoms. The third-order valence-electron chi connectivity index (χ3n) is 3.69. The zero-order chi connectivity index (χ0) is 14.3. The summed E-state index contributed by atoms with van der Waals surface area (Å²) in [6.45, 7) is 3.76. The summed E-state index contributed by atoms with van der Waals surface area (Å²) in [6, 6.07) is 9.87. The van der Waals surface area contributed by atoms with Gasteiger partial charge >= 0.3 is 0 Å². The summed E-state index contributed by atoms with van der Waals surface area (Å²) in [5, 5.41) is 10.4. The van der Waals surface area contributed by atoms with Gasteiger partial charge in [0.2, 0.25) is 0 Å². The SMILES string of the molecule is Cc1cc(C(O)Cc2nc3ccccc3n2C)c(C)o1. The van der Waals surface area contributed by atoms with E-state index in [4.69, 9.17) is 4.42 Å². The van der Waals surface area contributed by atoms with Gasteiger partial charge in [-0.05, 0) is 32.0 Å². The summed E-state index contributed by atoms with van der Waals surface area (Å²) in [6.07, 6.45) is -0.117. The number of fused-ring (bicyclic) bond motifs is 1. The minimum atomic E-state index is -0.594. The van der Waals surface area contributed by atoms with Gasteiger partial charge < -0.3 is 14.1 Å². The number of aromatic nitrogens is 2. The van der Waals surface area contributed by atoms with Gasteiger partial charge in [0, 0.05) is 19.0 Å². The van der Waals surface area contributed by atoms with E-state index in [1.54, 1.807) is 0 Å². The molecule has 0 fully saturated rings. The van der Waals surface area contributed by atoms with Crippen molar-refractivity contribution in [1.29, 1.82) is 0 Å². The smallest absolute Gasteiger partial charge is 0.112 e. The molecule has 2 aromatic heterocycles. The van der Waals surface area contributed by atoms with Gasteiger partial charge in [-0.1, -0.05) is 12.1 Å². The van der Waals surface area contributed by atoms with Crippen LogP contribution >= 0.6 is 0 Å². The average Bonchev–Trinajstić information content (AvgIpc) is 2.91. The highest BCUT2D eigenvalue weighted by Gasteiger charge is 2.18. The number of aliphatic hydroxyl groups is 1. The molecule has 104 valence electrons. The molecule has 20 heavy (non-hydrogen) atoms. The molecule has 1 unspecified atom stereocenters. The zero-order valence-electron chi connectivity index (χ0n) is 11.9. The molecule has 0 aliphatic carbocycles. The van der Waals surface area contributed by atoms with Gasteiger partial charge in [0.15, 0.2) is 0 Å². The molecule has 4 nitrogen and oxygen atoms in total. The lowest BCUT2D eigenvalue weighted by atomic mass is 10.1. The number of para-hydroxylation sites is 2. The number of hydrogen-bond acceptors (Lipinski definition) is 3. The summed E-state index contributed by atoms with van der Waals surface area (Å²) in [5.74, 6) is 2.47. The number of rotatable bonds is 3. The van der Waals surface area contributed by atoms with Gasteiger partial charge in [0.05, 0.1) is 17.1 Å². The fourth-order valence-electron chi connectivity index (χ4n) is 2.64. The molecule has 2 heterocycles. The first-order valence-corrected chi connectivity index (χ1v) is 6.71. The fourth-order valence-corrected chi connectivity index (χ4v) is 2.64. The van der Waals surface area contributed by atoms with Crippen LogP contribution in [0.15, 0.2) is 34.7 Å². The Hall–Kier alpha value is -2.07. The van der Waals surface area contributed by atoms with Crippen molar-refractivity contribution in [1.82, 2.24) is 9.55 Å².